The summed E-state index contributed by atoms with van der Waals surface area (Å²) in [6.07, 6.45) is 0.751. The van der Waals surface area contributed by atoms with Gasteiger partial charge in [0.1, 0.15) is 6.04 Å². The lowest BCUT2D eigenvalue weighted by Crippen LogP contribution is -2.47. The summed E-state index contributed by atoms with van der Waals surface area (Å²) in [5, 5.41) is 5.85. The van der Waals surface area contributed by atoms with Crippen LogP contribution in [0, 0.1) is 5.92 Å². The van der Waals surface area contributed by atoms with Crippen molar-refractivity contribution in [3.63, 3.8) is 0 Å². The van der Waals surface area contributed by atoms with Gasteiger partial charge in [-0.1, -0.05) is 31.9 Å². The van der Waals surface area contributed by atoms with Crippen LogP contribution in [0.3, 0.4) is 0 Å². The second-order valence-corrected chi connectivity index (χ2v) is 4.93. The minimum Gasteiger partial charge on any atom is -0.467 e. The van der Waals surface area contributed by atoms with Gasteiger partial charge in [0, 0.05) is 10.7 Å². The van der Waals surface area contributed by atoms with Crippen LogP contribution in [0.1, 0.15) is 20.3 Å². The molecule has 6 heteroatoms. The number of halogens is 1. The number of carbonyl (C=O) groups is 2. The van der Waals surface area contributed by atoms with Crippen molar-refractivity contribution in [3.05, 3.63) is 29.3 Å². The number of esters is 1. The van der Waals surface area contributed by atoms with Gasteiger partial charge < -0.3 is 15.4 Å². The van der Waals surface area contributed by atoms with Crippen LogP contribution in [0.5, 0.6) is 0 Å². The number of methoxy groups -OCH3 is 1. The Morgan fingerprint density at radius 1 is 1.30 bits per heavy atom. The van der Waals surface area contributed by atoms with Crippen molar-refractivity contribution in [1.82, 2.24) is 5.32 Å². The van der Waals surface area contributed by atoms with Crippen molar-refractivity contribution in [2.45, 2.75) is 26.3 Å². The molecule has 0 radical (unpaired) electrons. The summed E-state index contributed by atoms with van der Waals surface area (Å²) in [4.78, 5) is 23.5. The number of urea groups is 1. The van der Waals surface area contributed by atoms with Crippen molar-refractivity contribution in [2.75, 3.05) is 12.4 Å². The number of nitrogens with one attached hydrogen (secondary N) is 2. The smallest absolute Gasteiger partial charge is 0.328 e. The van der Waals surface area contributed by atoms with Crippen LogP contribution in [-0.4, -0.2) is 25.2 Å². The zero-order valence-electron chi connectivity index (χ0n) is 11.8. The minimum atomic E-state index is -0.669. The molecule has 0 spiro atoms. The zero-order valence-corrected chi connectivity index (χ0v) is 12.5. The number of carbonyl (C=O) groups excluding carboxylic acids is 2. The third-order valence-electron chi connectivity index (χ3n) is 3.06. The van der Waals surface area contributed by atoms with Gasteiger partial charge in [0.2, 0.25) is 0 Å². The van der Waals surface area contributed by atoms with E-state index in [4.69, 9.17) is 16.3 Å². The van der Waals surface area contributed by atoms with E-state index in [-0.39, 0.29) is 5.92 Å². The molecule has 0 bridgehead atoms. The summed E-state index contributed by atoms with van der Waals surface area (Å²) in [7, 11) is 1.30. The Kier molecular flexibility index (Phi) is 6.31. The maximum atomic E-state index is 11.9. The highest BCUT2D eigenvalue weighted by Crippen LogP contribution is 2.14. The molecule has 0 heterocycles. The summed E-state index contributed by atoms with van der Waals surface area (Å²) < 4.78 is 4.70. The van der Waals surface area contributed by atoms with Gasteiger partial charge in [0.05, 0.1) is 7.11 Å². The summed E-state index contributed by atoms with van der Waals surface area (Å²) >= 11 is 5.76. The number of anilines is 1. The molecule has 0 aliphatic heterocycles. The number of ether oxygens (including phenoxy) is 1. The maximum absolute atomic E-state index is 11.9. The first kappa shape index (κ1) is 16.3. The van der Waals surface area contributed by atoms with Crippen LogP contribution in [0.15, 0.2) is 24.3 Å². The molecule has 110 valence electrons. The highest BCUT2D eigenvalue weighted by atomic mass is 35.5. The molecule has 2 atom stereocenters. The van der Waals surface area contributed by atoms with Crippen LogP contribution >= 0.6 is 11.6 Å². The summed E-state index contributed by atoms with van der Waals surface area (Å²) in [5.41, 5.74) is 0.597. The molecule has 0 unspecified atom stereocenters. The first-order chi connectivity index (χ1) is 9.47. The fourth-order valence-corrected chi connectivity index (χ4v) is 1.76. The number of hydrogen-bond acceptors (Lipinski definition) is 3. The van der Waals surface area contributed by atoms with Crippen molar-refractivity contribution in [3.8, 4) is 0 Å². The van der Waals surface area contributed by atoms with Gasteiger partial charge in [-0.3, -0.25) is 0 Å². The Balaban J connectivity index is 2.66. The molecular weight excluding hydrogens is 280 g/mol. The van der Waals surface area contributed by atoms with Gasteiger partial charge in [-0.05, 0) is 30.2 Å². The van der Waals surface area contributed by atoms with Crippen LogP contribution in [0.25, 0.3) is 0 Å². The molecule has 1 rings (SSSR count). The van der Waals surface area contributed by atoms with E-state index >= 15 is 0 Å². The molecule has 0 aromatic heterocycles. The van der Waals surface area contributed by atoms with Crippen molar-refractivity contribution in [1.29, 1.82) is 0 Å². The molecule has 0 aliphatic carbocycles. The number of hydrogen-bond donors (Lipinski definition) is 2. The Hall–Kier alpha value is -1.75. The Morgan fingerprint density at radius 2 is 1.90 bits per heavy atom. The van der Waals surface area contributed by atoms with E-state index in [9.17, 15) is 9.59 Å². The fraction of sp³-hybridized carbons (Fsp3) is 0.429. The highest BCUT2D eigenvalue weighted by molar-refractivity contribution is 6.30. The first-order valence-electron chi connectivity index (χ1n) is 6.38. The summed E-state index contributed by atoms with van der Waals surface area (Å²) in [6.45, 7) is 3.82. The predicted octanol–water partition coefficient (Wildman–Crippen LogP) is 3.05. The maximum Gasteiger partial charge on any atom is 0.328 e. The molecule has 1 aromatic rings. The van der Waals surface area contributed by atoms with Crippen molar-refractivity contribution < 1.29 is 14.3 Å². The van der Waals surface area contributed by atoms with Crippen molar-refractivity contribution >= 4 is 29.3 Å². The molecule has 2 amide bonds. The lowest BCUT2D eigenvalue weighted by molar-refractivity contribution is -0.144. The zero-order chi connectivity index (χ0) is 15.1. The van der Waals surface area contributed by atoms with E-state index in [2.05, 4.69) is 10.6 Å². The average molecular weight is 299 g/mol. The third kappa shape index (κ3) is 4.74. The monoisotopic (exact) mass is 298 g/mol. The van der Waals surface area contributed by atoms with E-state index in [1.165, 1.54) is 7.11 Å². The van der Waals surface area contributed by atoms with Gasteiger partial charge in [0.15, 0.2) is 0 Å². The van der Waals surface area contributed by atoms with Crippen LogP contribution in [-0.2, 0) is 9.53 Å². The summed E-state index contributed by atoms with van der Waals surface area (Å²) in [6, 6.07) is 5.57. The van der Waals surface area contributed by atoms with E-state index in [0.29, 0.717) is 10.7 Å². The van der Waals surface area contributed by atoms with Gasteiger partial charge in [0.25, 0.3) is 0 Å². The quantitative estimate of drug-likeness (QED) is 0.821. The van der Waals surface area contributed by atoms with E-state index in [1.807, 2.05) is 13.8 Å². The Labute approximate surface area is 123 Å². The topological polar surface area (TPSA) is 67.4 Å². The molecule has 5 nitrogen and oxygen atoms in total. The molecule has 2 N–H and O–H groups in total. The largest absolute Gasteiger partial charge is 0.467 e. The normalized spacial score (nSPS) is 13.2. The van der Waals surface area contributed by atoms with E-state index < -0.39 is 18.0 Å². The first-order valence-corrected chi connectivity index (χ1v) is 6.76. The molecule has 20 heavy (non-hydrogen) atoms. The summed E-state index contributed by atoms with van der Waals surface area (Å²) in [5.74, 6) is -0.468. The predicted molar refractivity (Wildman–Crippen MR) is 78.9 cm³/mol. The lowest BCUT2D eigenvalue weighted by Gasteiger charge is -2.22. The number of benzene rings is 1. The average Bonchev–Trinajstić information content (AvgIpc) is 2.45. The van der Waals surface area contributed by atoms with Crippen LogP contribution in [0.2, 0.25) is 5.02 Å². The number of rotatable bonds is 5. The van der Waals surface area contributed by atoms with E-state index in [1.54, 1.807) is 24.3 Å². The number of amides is 2. The van der Waals surface area contributed by atoms with Gasteiger partial charge >= 0.3 is 12.0 Å². The Morgan fingerprint density at radius 3 is 2.40 bits per heavy atom. The molecule has 1 aromatic carbocycles. The second-order valence-electron chi connectivity index (χ2n) is 4.49. The second kappa shape index (κ2) is 7.75. The lowest BCUT2D eigenvalue weighted by atomic mass is 9.99. The van der Waals surface area contributed by atoms with Gasteiger partial charge in [-0.25, -0.2) is 9.59 Å². The minimum absolute atomic E-state index is 0.0154. The third-order valence-corrected chi connectivity index (χ3v) is 3.31. The molecule has 0 aliphatic rings. The fourth-order valence-electron chi connectivity index (χ4n) is 1.64. The molecule has 0 saturated heterocycles. The van der Waals surface area contributed by atoms with Crippen LogP contribution < -0.4 is 10.6 Å². The highest BCUT2D eigenvalue weighted by Gasteiger charge is 2.26. The SMILES string of the molecule is CC[C@H](C)[C@@H](NC(=O)Nc1ccc(Cl)cc1)C(=O)OC. The van der Waals surface area contributed by atoms with Gasteiger partial charge in [-0.2, -0.15) is 0 Å². The standard InChI is InChI=1S/C14H19ClN2O3/c1-4-9(2)12(13(18)20-3)17-14(19)16-11-7-5-10(15)6-8-11/h5-9,12H,4H2,1-3H3,(H2,16,17,19)/t9-,12+/m0/s1. The van der Waals surface area contributed by atoms with Gasteiger partial charge in [-0.15, -0.1) is 0 Å². The van der Waals surface area contributed by atoms with E-state index in [0.717, 1.165) is 6.42 Å². The van der Waals surface area contributed by atoms with Crippen LogP contribution in [0.4, 0.5) is 10.5 Å². The Bertz CT molecular complexity index is 462. The van der Waals surface area contributed by atoms with Crippen molar-refractivity contribution in [2.24, 2.45) is 5.92 Å². The molecular formula is C14H19ClN2O3. The molecule has 0 fully saturated rings. The molecule has 0 saturated carbocycles.